The molecular formula is C18H21NO. The van der Waals surface area contributed by atoms with Gasteiger partial charge in [-0.1, -0.05) is 12.1 Å². The first-order valence-corrected chi connectivity index (χ1v) is 7.24. The van der Waals surface area contributed by atoms with E-state index < -0.39 is 0 Å². The molecule has 0 fully saturated rings. The molecule has 2 heteroatoms. The van der Waals surface area contributed by atoms with Gasteiger partial charge in [0.2, 0.25) is 0 Å². The molecule has 3 rings (SSSR count). The highest BCUT2D eigenvalue weighted by Gasteiger charge is 2.19. The third-order valence-electron chi connectivity index (χ3n) is 4.05. The lowest BCUT2D eigenvalue weighted by Gasteiger charge is -2.18. The summed E-state index contributed by atoms with van der Waals surface area (Å²) in [5.74, 6) is 0.944. The van der Waals surface area contributed by atoms with Crippen LogP contribution in [0.5, 0.6) is 5.75 Å². The van der Waals surface area contributed by atoms with Crippen LogP contribution in [0, 0.1) is 13.8 Å². The van der Waals surface area contributed by atoms with Crippen LogP contribution < -0.4 is 9.64 Å². The summed E-state index contributed by atoms with van der Waals surface area (Å²) in [4.78, 5) is 2.42. The maximum Gasteiger partial charge on any atom is 0.119 e. The molecule has 2 aromatic rings. The Morgan fingerprint density at radius 1 is 0.950 bits per heavy atom. The third-order valence-corrected chi connectivity index (χ3v) is 4.05. The molecule has 0 spiro atoms. The molecule has 0 atom stereocenters. The molecule has 104 valence electrons. The first kappa shape index (κ1) is 13.0. The van der Waals surface area contributed by atoms with Gasteiger partial charge in [-0.2, -0.15) is 0 Å². The molecule has 0 radical (unpaired) electrons. The summed E-state index contributed by atoms with van der Waals surface area (Å²) >= 11 is 0. The van der Waals surface area contributed by atoms with E-state index in [1.54, 1.807) is 0 Å². The Morgan fingerprint density at radius 2 is 1.50 bits per heavy atom. The van der Waals surface area contributed by atoms with Crippen LogP contribution in [-0.2, 0) is 13.1 Å². The van der Waals surface area contributed by atoms with Gasteiger partial charge in [-0.05, 0) is 67.3 Å². The van der Waals surface area contributed by atoms with E-state index in [4.69, 9.17) is 4.74 Å². The van der Waals surface area contributed by atoms with Crippen molar-refractivity contribution in [2.24, 2.45) is 0 Å². The van der Waals surface area contributed by atoms with Crippen molar-refractivity contribution in [3.63, 3.8) is 0 Å². The van der Waals surface area contributed by atoms with Crippen molar-refractivity contribution in [3.05, 3.63) is 58.7 Å². The van der Waals surface area contributed by atoms with Crippen molar-refractivity contribution < 1.29 is 4.74 Å². The predicted molar refractivity (Wildman–Crippen MR) is 83.4 cm³/mol. The molecule has 0 N–H and O–H groups in total. The fraction of sp³-hybridized carbons (Fsp3) is 0.333. The number of nitrogens with zero attached hydrogens (tertiary/aromatic N) is 1. The summed E-state index contributed by atoms with van der Waals surface area (Å²) in [5, 5.41) is 0. The van der Waals surface area contributed by atoms with E-state index in [9.17, 15) is 0 Å². The Bertz CT molecular complexity index is 585. The molecule has 0 aromatic heterocycles. The molecule has 0 amide bonds. The number of anilines is 1. The molecule has 0 saturated heterocycles. The van der Waals surface area contributed by atoms with Crippen LogP contribution in [0.4, 0.5) is 5.69 Å². The lowest BCUT2D eigenvalue weighted by atomic mass is 10.0. The van der Waals surface area contributed by atoms with Crippen molar-refractivity contribution >= 4 is 5.69 Å². The normalized spacial score (nSPS) is 13.4. The minimum Gasteiger partial charge on any atom is -0.494 e. The van der Waals surface area contributed by atoms with Gasteiger partial charge in [-0.3, -0.25) is 0 Å². The summed E-state index contributed by atoms with van der Waals surface area (Å²) in [7, 11) is 0. The average molecular weight is 267 g/mol. The number of aryl methyl sites for hydroxylation is 2. The zero-order valence-corrected chi connectivity index (χ0v) is 12.4. The number of benzene rings is 2. The van der Waals surface area contributed by atoms with Crippen molar-refractivity contribution in [1.82, 2.24) is 0 Å². The quantitative estimate of drug-likeness (QED) is 0.825. The Hall–Kier alpha value is -1.96. The molecule has 20 heavy (non-hydrogen) atoms. The number of rotatable bonds is 3. The molecule has 0 aliphatic carbocycles. The third kappa shape index (κ3) is 2.38. The standard InChI is InChI=1S/C18H21NO/c1-4-20-18-7-5-17(6-8-18)19-11-15-9-13(2)14(3)10-16(15)12-19/h5-10H,4,11-12H2,1-3H3. The van der Waals surface area contributed by atoms with E-state index in [0.717, 1.165) is 18.8 Å². The summed E-state index contributed by atoms with van der Waals surface area (Å²) in [5.41, 5.74) is 6.96. The Labute approximate surface area is 121 Å². The van der Waals surface area contributed by atoms with Gasteiger partial charge < -0.3 is 9.64 Å². The van der Waals surface area contributed by atoms with E-state index in [1.807, 2.05) is 6.92 Å². The maximum absolute atomic E-state index is 5.50. The largest absolute Gasteiger partial charge is 0.494 e. The minimum absolute atomic E-state index is 0.715. The van der Waals surface area contributed by atoms with Crippen molar-refractivity contribution in [2.45, 2.75) is 33.9 Å². The molecular weight excluding hydrogens is 246 g/mol. The zero-order chi connectivity index (χ0) is 14.1. The second kappa shape index (κ2) is 5.20. The molecule has 1 aliphatic rings. The summed E-state index contributed by atoms with van der Waals surface area (Å²) < 4.78 is 5.50. The molecule has 0 saturated carbocycles. The lowest BCUT2D eigenvalue weighted by Crippen LogP contribution is -2.14. The van der Waals surface area contributed by atoms with Crippen LogP contribution in [0.1, 0.15) is 29.2 Å². The van der Waals surface area contributed by atoms with Crippen LogP contribution in [0.2, 0.25) is 0 Å². The molecule has 1 heterocycles. The van der Waals surface area contributed by atoms with Gasteiger partial charge in [0, 0.05) is 18.8 Å². The topological polar surface area (TPSA) is 12.5 Å². The van der Waals surface area contributed by atoms with Gasteiger partial charge in [0.25, 0.3) is 0 Å². The monoisotopic (exact) mass is 267 g/mol. The van der Waals surface area contributed by atoms with E-state index in [2.05, 4.69) is 55.1 Å². The van der Waals surface area contributed by atoms with Crippen LogP contribution in [0.15, 0.2) is 36.4 Å². The number of fused-ring (bicyclic) bond motifs is 1. The number of ether oxygens (including phenoxy) is 1. The van der Waals surface area contributed by atoms with Crippen LogP contribution >= 0.6 is 0 Å². The summed E-state index contributed by atoms with van der Waals surface area (Å²) in [6, 6.07) is 13.1. The van der Waals surface area contributed by atoms with Crippen LogP contribution in [0.3, 0.4) is 0 Å². The van der Waals surface area contributed by atoms with Gasteiger partial charge in [-0.25, -0.2) is 0 Å². The molecule has 1 aliphatic heterocycles. The lowest BCUT2D eigenvalue weighted by molar-refractivity contribution is 0.340. The molecule has 0 bridgehead atoms. The molecule has 2 nitrogen and oxygen atoms in total. The van der Waals surface area contributed by atoms with Gasteiger partial charge in [0.05, 0.1) is 6.61 Å². The SMILES string of the molecule is CCOc1ccc(N2Cc3cc(C)c(C)cc3C2)cc1. The average Bonchev–Trinajstić information content (AvgIpc) is 2.83. The van der Waals surface area contributed by atoms with E-state index >= 15 is 0 Å². The van der Waals surface area contributed by atoms with E-state index in [1.165, 1.54) is 27.9 Å². The first-order chi connectivity index (χ1) is 9.67. The Balaban J connectivity index is 1.81. The number of hydrogen-bond donors (Lipinski definition) is 0. The summed E-state index contributed by atoms with van der Waals surface area (Å²) in [6.07, 6.45) is 0. The van der Waals surface area contributed by atoms with Crippen LogP contribution in [0.25, 0.3) is 0 Å². The zero-order valence-electron chi connectivity index (χ0n) is 12.4. The Morgan fingerprint density at radius 3 is 2.00 bits per heavy atom. The highest BCUT2D eigenvalue weighted by atomic mass is 16.5. The molecule has 0 unspecified atom stereocenters. The van der Waals surface area contributed by atoms with Crippen LogP contribution in [-0.4, -0.2) is 6.61 Å². The van der Waals surface area contributed by atoms with Gasteiger partial charge in [0.1, 0.15) is 5.75 Å². The van der Waals surface area contributed by atoms with Gasteiger partial charge >= 0.3 is 0 Å². The maximum atomic E-state index is 5.50. The second-order valence-electron chi connectivity index (χ2n) is 5.49. The second-order valence-corrected chi connectivity index (χ2v) is 5.49. The van der Waals surface area contributed by atoms with E-state index in [-0.39, 0.29) is 0 Å². The minimum atomic E-state index is 0.715. The van der Waals surface area contributed by atoms with E-state index in [0.29, 0.717) is 6.61 Å². The van der Waals surface area contributed by atoms with Gasteiger partial charge in [-0.15, -0.1) is 0 Å². The first-order valence-electron chi connectivity index (χ1n) is 7.24. The van der Waals surface area contributed by atoms with Crippen molar-refractivity contribution in [2.75, 3.05) is 11.5 Å². The fourth-order valence-corrected chi connectivity index (χ4v) is 2.80. The smallest absolute Gasteiger partial charge is 0.119 e. The van der Waals surface area contributed by atoms with Crippen molar-refractivity contribution in [1.29, 1.82) is 0 Å². The highest BCUT2D eigenvalue weighted by Crippen LogP contribution is 2.30. The number of hydrogen-bond acceptors (Lipinski definition) is 2. The van der Waals surface area contributed by atoms with Crippen molar-refractivity contribution in [3.8, 4) is 5.75 Å². The fourth-order valence-electron chi connectivity index (χ4n) is 2.80. The summed E-state index contributed by atoms with van der Waals surface area (Å²) in [6.45, 7) is 9.11. The van der Waals surface area contributed by atoms with Gasteiger partial charge in [0.15, 0.2) is 0 Å². The molecule has 2 aromatic carbocycles. The highest BCUT2D eigenvalue weighted by molar-refractivity contribution is 5.54. The predicted octanol–water partition coefficient (Wildman–Crippen LogP) is 4.22. The Kier molecular flexibility index (Phi) is 3.39.